The van der Waals surface area contributed by atoms with Crippen molar-refractivity contribution in [2.24, 2.45) is 0 Å². The minimum Gasteiger partial charge on any atom is -0.485 e. The molecule has 0 N–H and O–H groups in total. The quantitative estimate of drug-likeness (QED) is 0.180. The van der Waals surface area contributed by atoms with Crippen LogP contribution in [0.5, 0.6) is 5.75 Å². The summed E-state index contributed by atoms with van der Waals surface area (Å²) in [5.41, 5.74) is 3.90. The molecule has 0 fully saturated rings. The van der Waals surface area contributed by atoms with E-state index in [9.17, 15) is 4.79 Å². The van der Waals surface area contributed by atoms with Crippen molar-refractivity contribution in [1.82, 2.24) is 19.7 Å². The zero-order chi connectivity index (χ0) is 29.1. The summed E-state index contributed by atoms with van der Waals surface area (Å²) < 4.78 is 28.5. The molecule has 7 nitrogen and oxygen atoms in total. The highest BCUT2D eigenvalue weighted by Gasteiger charge is 2.23. The smallest absolute Gasteiger partial charge is 0.262 e. The Morgan fingerprint density at radius 2 is 1.67 bits per heavy atom. The molecular formula is C33H27FN4O3S. The zero-order valence-corrected chi connectivity index (χ0v) is 23.9. The SMILES string of the molecule is Cc1nnc(-c2csc(-c3c(C)nc(-c4cccc(F)c4OCc4ccccc4)n(CCc4ccccc4)c3=O)c2)o1. The molecule has 0 radical (unpaired) electrons. The predicted octanol–water partition coefficient (Wildman–Crippen LogP) is 7.27. The van der Waals surface area contributed by atoms with Gasteiger partial charge in [-0.2, -0.15) is 0 Å². The standard InChI is InChI=1S/C33H27FN4O3S/c1-21-29(28-18-25(20-42-28)32-37-36-22(2)41-32)33(39)38(17-16-23-10-5-3-6-11-23)31(35-21)26-14-9-15-27(34)30(26)40-19-24-12-7-4-8-13-24/h3-15,18,20H,16-17,19H2,1-2H3. The molecule has 0 unspecified atom stereocenters. The molecule has 9 heteroatoms. The zero-order valence-electron chi connectivity index (χ0n) is 23.1. The van der Waals surface area contributed by atoms with Crippen LogP contribution in [0.4, 0.5) is 4.39 Å². The summed E-state index contributed by atoms with van der Waals surface area (Å²) >= 11 is 1.41. The number of benzene rings is 3. The second-order valence-corrected chi connectivity index (χ2v) is 10.7. The van der Waals surface area contributed by atoms with Crippen LogP contribution in [-0.2, 0) is 19.6 Å². The Labute approximate surface area is 245 Å². The molecule has 6 rings (SSSR count). The number of rotatable bonds is 9. The lowest BCUT2D eigenvalue weighted by Gasteiger charge is -2.18. The van der Waals surface area contributed by atoms with Crippen molar-refractivity contribution in [3.63, 3.8) is 0 Å². The van der Waals surface area contributed by atoms with Gasteiger partial charge in [0, 0.05) is 23.7 Å². The first kappa shape index (κ1) is 27.3. The van der Waals surface area contributed by atoms with Crippen LogP contribution in [0.15, 0.2) is 99.5 Å². The van der Waals surface area contributed by atoms with E-state index >= 15 is 4.39 Å². The lowest BCUT2D eigenvalue weighted by atomic mass is 10.1. The van der Waals surface area contributed by atoms with E-state index in [1.54, 1.807) is 30.5 Å². The molecule has 0 saturated carbocycles. The fraction of sp³-hybridized carbons (Fsp3) is 0.152. The maximum Gasteiger partial charge on any atom is 0.262 e. The number of aryl methyl sites for hydroxylation is 3. The molecule has 0 atom stereocenters. The van der Waals surface area contributed by atoms with Crippen molar-refractivity contribution in [3.8, 4) is 39.0 Å². The third-order valence-electron chi connectivity index (χ3n) is 6.87. The van der Waals surface area contributed by atoms with Crippen molar-refractivity contribution in [3.05, 3.63) is 129 Å². The number of thiophene rings is 1. The van der Waals surface area contributed by atoms with Crippen molar-refractivity contribution in [2.75, 3.05) is 0 Å². The first-order chi connectivity index (χ1) is 20.5. The molecule has 3 aromatic heterocycles. The lowest BCUT2D eigenvalue weighted by molar-refractivity contribution is 0.291. The average molecular weight is 579 g/mol. The van der Waals surface area contributed by atoms with Gasteiger partial charge >= 0.3 is 0 Å². The first-order valence-electron chi connectivity index (χ1n) is 13.5. The molecular weight excluding hydrogens is 551 g/mol. The predicted molar refractivity (Wildman–Crippen MR) is 161 cm³/mol. The normalized spacial score (nSPS) is 11.1. The molecule has 0 aliphatic rings. The van der Waals surface area contributed by atoms with Crippen LogP contribution in [0.1, 0.15) is 22.7 Å². The fourth-order valence-electron chi connectivity index (χ4n) is 4.80. The minimum atomic E-state index is -0.522. The van der Waals surface area contributed by atoms with E-state index in [-0.39, 0.29) is 17.9 Å². The molecule has 3 aromatic carbocycles. The van der Waals surface area contributed by atoms with Gasteiger partial charge in [-0.05, 0) is 42.7 Å². The van der Waals surface area contributed by atoms with Crippen LogP contribution in [0.25, 0.3) is 33.3 Å². The van der Waals surface area contributed by atoms with E-state index in [4.69, 9.17) is 14.1 Å². The average Bonchev–Trinajstić information content (AvgIpc) is 3.66. The van der Waals surface area contributed by atoms with Gasteiger partial charge in [0.1, 0.15) is 12.4 Å². The largest absolute Gasteiger partial charge is 0.485 e. The van der Waals surface area contributed by atoms with E-state index in [1.165, 1.54) is 17.4 Å². The molecule has 0 aliphatic carbocycles. The van der Waals surface area contributed by atoms with E-state index in [1.807, 2.05) is 72.1 Å². The monoisotopic (exact) mass is 578 g/mol. The maximum atomic E-state index is 15.3. The van der Waals surface area contributed by atoms with Crippen molar-refractivity contribution >= 4 is 11.3 Å². The number of hydrogen-bond donors (Lipinski definition) is 0. The van der Waals surface area contributed by atoms with Crippen molar-refractivity contribution in [1.29, 1.82) is 0 Å². The fourth-order valence-corrected chi connectivity index (χ4v) is 5.77. The Kier molecular flexibility index (Phi) is 7.74. The molecule has 42 heavy (non-hydrogen) atoms. The number of nitrogens with zero attached hydrogens (tertiary/aromatic N) is 4. The first-order valence-corrected chi connectivity index (χ1v) is 14.4. The van der Waals surface area contributed by atoms with Crippen molar-refractivity contribution in [2.45, 2.75) is 33.4 Å². The molecule has 3 heterocycles. The summed E-state index contributed by atoms with van der Waals surface area (Å²) in [4.78, 5) is 19.9. The Balaban J connectivity index is 1.46. The van der Waals surface area contributed by atoms with E-state index in [2.05, 4.69) is 10.2 Å². The third kappa shape index (κ3) is 5.64. The van der Waals surface area contributed by atoms with Crippen LogP contribution in [0.2, 0.25) is 0 Å². The van der Waals surface area contributed by atoms with Crippen LogP contribution < -0.4 is 10.3 Å². The number of para-hydroxylation sites is 1. The molecule has 0 spiro atoms. The molecule has 6 aromatic rings. The molecule has 210 valence electrons. The molecule has 0 aliphatic heterocycles. The molecule has 0 bridgehead atoms. The number of hydrogen-bond acceptors (Lipinski definition) is 7. The summed E-state index contributed by atoms with van der Waals surface area (Å²) in [5, 5.41) is 9.89. The van der Waals surface area contributed by atoms with Crippen LogP contribution in [0.3, 0.4) is 0 Å². The van der Waals surface area contributed by atoms with Gasteiger partial charge in [-0.15, -0.1) is 21.5 Å². The van der Waals surface area contributed by atoms with Gasteiger partial charge < -0.3 is 9.15 Å². The summed E-state index contributed by atoms with van der Waals surface area (Å²) in [6, 6.07) is 26.0. The van der Waals surface area contributed by atoms with Gasteiger partial charge in [-0.3, -0.25) is 9.36 Å². The second-order valence-electron chi connectivity index (χ2n) is 9.80. The van der Waals surface area contributed by atoms with E-state index < -0.39 is 5.82 Å². The topological polar surface area (TPSA) is 83.0 Å². The minimum absolute atomic E-state index is 0.0547. The summed E-state index contributed by atoms with van der Waals surface area (Å²) in [6.45, 7) is 4.04. The van der Waals surface area contributed by atoms with E-state index in [0.29, 0.717) is 47.4 Å². The van der Waals surface area contributed by atoms with Crippen LogP contribution in [0, 0.1) is 19.7 Å². The van der Waals surface area contributed by atoms with Gasteiger partial charge in [-0.25, -0.2) is 9.37 Å². The number of aromatic nitrogens is 4. The number of ether oxygens (including phenoxy) is 1. The van der Waals surface area contributed by atoms with Crippen molar-refractivity contribution < 1.29 is 13.5 Å². The second kappa shape index (κ2) is 11.9. The lowest BCUT2D eigenvalue weighted by Crippen LogP contribution is -2.27. The highest BCUT2D eigenvalue weighted by molar-refractivity contribution is 7.14. The Hall–Kier alpha value is -4.89. The maximum absolute atomic E-state index is 15.3. The highest BCUT2D eigenvalue weighted by atomic mass is 32.1. The highest BCUT2D eigenvalue weighted by Crippen LogP contribution is 2.35. The van der Waals surface area contributed by atoms with Gasteiger partial charge in [0.2, 0.25) is 11.8 Å². The Bertz CT molecular complexity index is 1900. The third-order valence-corrected chi connectivity index (χ3v) is 7.82. The Morgan fingerprint density at radius 1 is 0.929 bits per heavy atom. The molecule has 0 saturated heterocycles. The molecule has 0 amide bonds. The van der Waals surface area contributed by atoms with Gasteiger partial charge in [-0.1, -0.05) is 66.7 Å². The summed E-state index contributed by atoms with van der Waals surface area (Å²) in [7, 11) is 0. The van der Waals surface area contributed by atoms with Gasteiger partial charge in [0.25, 0.3) is 5.56 Å². The van der Waals surface area contributed by atoms with Gasteiger partial charge in [0.05, 0.1) is 22.4 Å². The van der Waals surface area contributed by atoms with E-state index in [0.717, 1.165) is 21.6 Å². The van der Waals surface area contributed by atoms with Crippen LogP contribution in [-0.4, -0.2) is 19.7 Å². The van der Waals surface area contributed by atoms with Crippen LogP contribution >= 0.6 is 11.3 Å². The number of halogens is 1. The van der Waals surface area contributed by atoms with Gasteiger partial charge in [0.15, 0.2) is 11.6 Å². The summed E-state index contributed by atoms with van der Waals surface area (Å²) in [5.74, 6) is 0.736. The Morgan fingerprint density at radius 3 is 2.38 bits per heavy atom. The summed E-state index contributed by atoms with van der Waals surface area (Å²) in [6.07, 6.45) is 0.588.